The van der Waals surface area contributed by atoms with Gasteiger partial charge in [0.05, 0.1) is 25.2 Å². The van der Waals surface area contributed by atoms with Gasteiger partial charge in [-0.3, -0.25) is 9.59 Å². The molecule has 13 atom stereocenters. The van der Waals surface area contributed by atoms with Gasteiger partial charge in [-0.2, -0.15) is 0 Å². The zero-order chi connectivity index (χ0) is 43.3. The summed E-state index contributed by atoms with van der Waals surface area (Å²) in [5, 5.41) is 35.9. The van der Waals surface area contributed by atoms with Crippen molar-refractivity contribution in [2.45, 2.75) is 181 Å². The van der Waals surface area contributed by atoms with Crippen molar-refractivity contribution in [2.75, 3.05) is 19.8 Å². The number of aliphatic hydroxyl groups excluding tert-OH is 1. The largest absolute Gasteiger partial charge is 0.509 e. The zero-order valence-corrected chi connectivity index (χ0v) is 36.7. The number of hydrogen-bond donors (Lipinski definition) is 3. The number of aliphatic hydroxyl groups is 3. The van der Waals surface area contributed by atoms with Gasteiger partial charge in [0.15, 0.2) is 23.5 Å². The number of carbonyl (C=O) groups is 4. The quantitative estimate of drug-likeness (QED) is 0.0885. The van der Waals surface area contributed by atoms with Crippen LogP contribution in [0.3, 0.4) is 0 Å². The van der Waals surface area contributed by atoms with E-state index < -0.39 is 106 Å². The van der Waals surface area contributed by atoms with E-state index >= 15 is 0 Å². The average Bonchev–Trinajstić information content (AvgIpc) is 3.69. The van der Waals surface area contributed by atoms with Gasteiger partial charge < -0.3 is 48.5 Å². The van der Waals surface area contributed by atoms with Crippen molar-refractivity contribution in [2.24, 2.45) is 46.3 Å². The molecule has 2 bridgehead atoms. The third-order valence-corrected chi connectivity index (χ3v) is 15.4. The average molecular weight is 835 g/mol. The Morgan fingerprint density at radius 1 is 0.983 bits per heavy atom. The second-order valence-electron chi connectivity index (χ2n) is 19.6. The molecule has 0 aromatic carbocycles. The van der Waals surface area contributed by atoms with Gasteiger partial charge in [0.1, 0.15) is 24.9 Å². The Hall–Kier alpha value is -2.62. The normalized spacial score (nSPS) is 40.0. The van der Waals surface area contributed by atoms with Gasteiger partial charge in [0, 0.05) is 29.1 Å². The van der Waals surface area contributed by atoms with Gasteiger partial charge in [0.2, 0.25) is 6.10 Å². The Morgan fingerprint density at radius 3 is 2.27 bits per heavy atom. The Kier molecular flexibility index (Phi) is 13.4. The molecule has 0 aromatic rings. The standard InChI is InChI=1S/C45H70O14/c1-10-11-12-13-14-15-16-17-18-41(8)54-23-29(59-41)22-53-40(50)58-37-31(46)19-27(6)30-20-32-43-24-55-45(52,39(43)42(30,37)9)36(48)28(7)34(43)35(38(49)56-32)57-33(47)21-44(51,25(2)3)26(4)5/h19,25-26,28-30,32,34-37,39,48,51-52H,10-18,20-24H2,1-9H3/t28-,29?,30+,32-,34?,35-,36-,37-,39?,41?,42-,43?,45+/m1/s1. The molecular weight excluding hydrogens is 764 g/mol. The van der Waals surface area contributed by atoms with Gasteiger partial charge >= 0.3 is 18.1 Å². The maximum Gasteiger partial charge on any atom is 0.509 e. The van der Waals surface area contributed by atoms with Crippen LogP contribution in [0.4, 0.5) is 4.79 Å². The molecule has 3 aliphatic carbocycles. The fraction of sp³-hybridized carbons (Fsp3) is 0.867. The molecule has 59 heavy (non-hydrogen) atoms. The van der Waals surface area contributed by atoms with Crippen LogP contribution in [0.1, 0.15) is 133 Å². The summed E-state index contributed by atoms with van der Waals surface area (Å²) >= 11 is 0. The molecule has 2 saturated carbocycles. The topological polar surface area (TPSA) is 194 Å². The van der Waals surface area contributed by atoms with Crippen molar-refractivity contribution in [1.29, 1.82) is 0 Å². The van der Waals surface area contributed by atoms with Gasteiger partial charge in [-0.25, -0.2) is 9.59 Å². The monoisotopic (exact) mass is 834 g/mol. The number of fused-ring (bicyclic) bond motifs is 1. The lowest BCUT2D eigenvalue weighted by molar-refractivity contribution is -0.340. The van der Waals surface area contributed by atoms with E-state index in [0.29, 0.717) is 12.0 Å². The van der Waals surface area contributed by atoms with Crippen molar-refractivity contribution >= 4 is 23.9 Å². The molecule has 6 rings (SSSR count). The molecule has 3 saturated heterocycles. The Bertz CT molecular complexity index is 1600. The minimum atomic E-state index is -2.26. The second kappa shape index (κ2) is 17.3. The number of unbranched alkanes of at least 4 members (excludes halogenated alkanes) is 7. The Balaban J connectivity index is 1.19. The fourth-order valence-electron chi connectivity index (χ4n) is 12.2. The number of carbonyl (C=O) groups excluding carboxylic acids is 4. The third-order valence-electron chi connectivity index (χ3n) is 15.4. The molecule has 6 aliphatic rings. The molecule has 14 heteroatoms. The predicted octanol–water partition coefficient (Wildman–Crippen LogP) is 5.94. The summed E-state index contributed by atoms with van der Waals surface area (Å²) in [5.74, 6) is -9.32. The molecule has 5 fully saturated rings. The maximum absolute atomic E-state index is 14.0. The first-order valence-corrected chi connectivity index (χ1v) is 22.2. The fourth-order valence-corrected chi connectivity index (χ4v) is 12.2. The van der Waals surface area contributed by atoms with Crippen LogP contribution < -0.4 is 0 Å². The van der Waals surface area contributed by atoms with E-state index in [-0.39, 0.29) is 44.5 Å². The van der Waals surface area contributed by atoms with Crippen molar-refractivity contribution in [3.63, 3.8) is 0 Å². The minimum absolute atomic E-state index is 0.172. The molecule has 5 unspecified atom stereocenters. The third kappa shape index (κ3) is 8.01. The van der Waals surface area contributed by atoms with E-state index in [1.54, 1.807) is 48.5 Å². The Labute approximate surface area is 349 Å². The van der Waals surface area contributed by atoms with Crippen molar-refractivity contribution in [3.8, 4) is 0 Å². The summed E-state index contributed by atoms with van der Waals surface area (Å²) in [6.45, 7) is 16.3. The lowest BCUT2D eigenvalue weighted by Crippen LogP contribution is -2.78. The van der Waals surface area contributed by atoms with Crippen LogP contribution in [0.5, 0.6) is 0 Å². The van der Waals surface area contributed by atoms with Gasteiger partial charge in [-0.1, -0.05) is 99.0 Å². The zero-order valence-electron chi connectivity index (χ0n) is 36.7. The highest BCUT2D eigenvalue weighted by Gasteiger charge is 2.84. The summed E-state index contributed by atoms with van der Waals surface area (Å²) in [7, 11) is 0. The summed E-state index contributed by atoms with van der Waals surface area (Å²) in [6, 6.07) is 0. The van der Waals surface area contributed by atoms with Crippen molar-refractivity contribution < 1.29 is 67.7 Å². The highest BCUT2D eigenvalue weighted by Crippen LogP contribution is 2.74. The van der Waals surface area contributed by atoms with E-state index in [2.05, 4.69) is 6.92 Å². The predicted molar refractivity (Wildman–Crippen MR) is 212 cm³/mol. The van der Waals surface area contributed by atoms with Gasteiger partial charge in [-0.15, -0.1) is 0 Å². The van der Waals surface area contributed by atoms with Crippen molar-refractivity contribution in [1.82, 2.24) is 0 Å². The van der Waals surface area contributed by atoms with E-state index in [1.165, 1.54) is 44.6 Å². The van der Waals surface area contributed by atoms with Gasteiger partial charge in [0.25, 0.3) is 0 Å². The first-order chi connectivity index (χ1) is 27.7. The lowest BCUT2D eigenvalue weighted by atomic mass is 9.38. The number of ketones is 1. The van der Waals surface area contributed by atoms with Crippen LogP contribution in [0.15, 0.2) is 11.6 Å². The molecule has 3 aliphatic heterocycles. The molecular formula is C45H70O14. The lowest BCUT2D eigenvalue weighted by Gasteiger charge is -2.68. The smallest absolute Gasteiger partial charge is 0.459 e. The van der Waals surface area contributed by atoms with Crippen LogP contribution in [-0.2, 0) is 47.5 Å². The maximum atomic E-state index is 14.0. The van der Waals surface area contributed by atoms with E-state index in [0.717, 1.165) is 12.8 Å². The number of rotatable bonds is 17. The van der Waals surface area contributed by atoms with Crippen LogP contribution >= 0.6 is 0 Å². The highest BCUT2D eigenvalue weighted by atomic mass is 16.8. The van der Waals surface area contributed by atoms with E-state index in [1.807, 2.05) is 6.92 Å². The highest BCUT2D eigenvalue weighted by molar-refractivity contribution is 5.97. The molecule has 334 valence electrons. The van der Waals surface area contributed by atoms with Crippen LogP contribution in [0, 0.1) is 46.3 Å². The molecule has 3 heterocycles. The van der Waals surface area contributed by atoms with Crippen LogP contribution in [0.25, 0.3) is 0 Å². The number of allylic oxidation sites excluding steroid dienone is 1. The second-order valence-corrected chi connectivity index (χ2v) is 19.6. The molecule has 0 amide bonds. The molecule has 0 aromatic heterocycles. The first-order valence-electron chi connectivity index (χ1n) is 22.2. The molecule has 14 nitrogen and oxygen atoms in total. The summed E-state index contributed by atoms with van der Waals surface area (Å²) in [5.41, 5.74) is -3.48. The van der Waals surface area contributed by atoms with Crippen LogP contribution in [0.2, 0.25) is 0 Å². The number of ether oxygens (including phenoxy) is 7. The molecule has 3 N–H and O–H groups in total. The summed E-state index contributed by atoms with van der Waals surface area (Å²) < 4.78 is 42.0. The summed E-state index contributed by atoms with van der Waals surface area (Å²) in [6.07, 6.45) is 4.24. The number of esters is 2. The minimum Gasteiger partial charge on any atom is -0.459 e. The van der Waals surface area contributed by atoms with Crippen LogP contribution in [-0.4, -0.2) is 107 Å². The molecule has 1 spiro atoms. The Morgan fingerprint density at radius 2 is 1.63 bits per heavy atom. The van der Waals surface area contributed by atoms with Gasteiger partial charge in [-0.05, 0) is 56.4 Å². The first kappa shape index (κ1) is 45.9. The molecule has 0 radical (unpaired) electrons. The van der Waals surface area contributed by atoms with E-state index in [4.69, 9.17) is 33.2 Å². The number of hydrogen-bond acceptors (Lipinski definition) is 14. The van der Waals surface area contributed by atoms with Crippen molar-refractivity contribution in [3.05, 3.63) is 11.6 Å². The SMILES string of the molecule is CCCCCCCCCCC1(C)OCC(COC(=O)O[C@@H]2C(=O)C=C(C)[C@@H]3C[C@H]4OC(=O)[C@H](OC(=O)CC(O)(C(C)C)C(C)C)C5[C@@H](C)[C@@H](O)[C@]6(O)OCC54C6[C@@]23C)O1. The summed E-state index contributed by atoms with van der Waals surface area (Å²) in [4.78, 5) is 55.2. The van der Waals surface area contributed by atoms with E-state index in [9.17, 15) is 34.5 Å².